The van der Waals surface area contributed by atoms with Crippen LogP contribution in [-0.4, -0.2) is 38.8 Å². The van der Waals surface area contributed by atoms with Crippen LogP contribution in [0.5, 0.6) is 5.75 Å². The largest absolute Gasteiger partial charge is 0.451 e. The number of nitrogens with zero attached hydrogens (tertiary/aromatic N) is 3. The number of ketones is 1. The molecule has 2 heterocycles. The number of alkyl halides is 2. The van der Waals surface area contributed by atoms with E-state index in [0.717, 1.165) is 11.3 Å². The van der Waals surface area contributed by atoms with Gasteiger partial charge in [0, 0.05) is 22.6 Å². The minimum atomic E-state index is -2.92. The first-order valence-electron chi connectivity index (χ1n) is 11.8. The number of hydrogen-bond acceptors (Lipinski definition) is 5. The highest BCUT2D eigenvalue weighted by Gasteiger charge is 2.28. The number of ether oxygens (including phenoxy) is 2. The molecule has 0 aliphatic heterocycles. The number of halogens is 3. The van der Waals surface area contributed by atoms with E-state index in [1.165, 1.54) is 23.7 Å². The maximum Gasteiger partial charge on any atom is 0.387 e. The van der Waals surface area contributed by atoms with E-state index in [0.29, 0.717) is 29.2 Å². The topological polar surface area (TPSA) is 75.4 Å². The van der Waals surface area contributed by atoms with Crippen molar-refractivity contribution in [1.29, 1.82) is 0 Å². The molecular formula is C28H26ClF2N3O4. The number of carbonyl (C=O) groups is 2. The fourth-order valence-electron chi connectivity index (χ4n) is 4.32. The molecule has 7 nitrogen and oxygen atoms in total. The molecule has 0 fully saturated rings. The molecule has 0 saturated carbocycles. The first-order chi connectivity index (χ1) is 18.1. The molecule has 0 amide bonds. The lowest BCUT2D eigenvalue weighted by atomic mass is 10.1. The van der Waals surface area contributed by atoms with E-state index in [1.807, 2.05) is 41.8 Å². The van der Waals surface area contributed by atoms with E-state index in [1.54, 1.807) is 32.0 Å². The van der Waals surface area contributed by atoms with Gasteiger partial charge >= 0.3 is 12.6 Å². The van der Waals surface area contributed by atoms with Gasteiger partial charge in [-0.3, -0.25) is 4.79 Å². The molecule has 1 atom stereocenters. The number of aromatic nitrogens is 3. The van der Waals surface area contributed by atoms with Crippen LogP contribution in [0.25, 0.3) is 5.69 Å². The molecule has 4 rings (SSSR count). The molecule has 0 unspecified atom stereocenters. The Morgan fingerprint density at radius 2 is 1.68 bits per heavy atom. The van der Waals surface area contributed by atoms with Crippen molar-refractivity contribution in [1.82, 2.24) is 14.3 Å². The van der Waals surface area contributed by atoms with Gasteiger partial charge in [0.2, 0.25) is 5.78 Å². The average molecular weight is 542 g/mol. The molecule has 0 spiro atoms. The van der Waals surface area contributed by atoms with Crippen LogP contribution in [0.4, 0.5) is 8.78 Å². The smallest absolute Gasteiger partial charge is 0.387 e. The lowest BCUT2D eigenvalue weighted by Gasteiger charge is -2.14. The summed E-state index contributed by atoms with van der Waals surface area (Å²) in [6.45, 7) is 4.19. The number of Topliss-reactive ketones (excluding diaryl/α,β-unsaturated/α-hetero) is 1. The van der Waals surface area contributed by atoms with Crippen molar-refractivity contribution < 1.29 is 27.8 Å². The zero-order valence-corrected chi connectivity index (χ0v) is 22.0. The second kappa shape index (κ2) is 11.2. The first kappa shape index (κ1) is 27.1. The van der Waals surface area contributed by atoms with E-state index in [4.69, 9.17) is 16.3 Å². The molecule has 2 aromatic carbocycles. The number of esters is 1. The number of carbonyl (C=O) groups excluding carboxylic acids is 2. The normalized spacial score (nSPS) is 12.0. The van der Waals surface area contributed by atoms with Crippen LogP contribution in [0.2, 0.25) is 5.15 Å². The van der Waals surface area contributed by atoms with Crippen molar-refractivity contribution in [2.24, 2.45) is 0 Å². The Bertz CT molecular complexity index is 1460. The molecule has 4 aromatic rings. The van der Waals surface area contributed by atoms with Crippen molar-refractivity contribution >= 4 is 23.4 Å². The number of rotatable bonds is 9. The summed E-state index contributed by atoms with van der Waals surface area (Å²) in [5.41, 5.74) is 3.87. The minimum absolute atomic E-state index is 0.0316. The number of aryl methyl sites for hydroxylation is 2. The molecule has 10 heteroatoms. The monoisotopic (exact) mass is 541 g/mol. The van der Waals surface area contributed by atoms with E-state index >= 15 is 0 Å². The maximum absolute atomic E-state index is 13.3. The summed E-state index contributed by atoms with van der Waals surface area (Å²) >= 11 is 6.47. The Morgan fingerprint density at radius 3 is 2.32 bits per heavy atom. The Kier molecular flexibility index (Phi) is 7.97. The highest BCUT2D eigenvalue weighted by Crippen LogP contribution is 2.26. The quantitative estimate of drug-likeness (QED) is 0.183. The number of benzene rings is 2. The van der Waals surface area contributed by atoms with Gasteiger partial charge in [-0.15, -0.1) is 0 Å². The van der Waals surface area contributed by atoms with Crippen molar-refractivity contribution in [3.8, 4) is 11.4 Å². The first-order valence-corrected chi connectivity index (χ1v) is 12.2. The Labute approximate surface area is 223 Å². The van der Waals surface area contributed by atoms with E-state index < -0.39 is 18.7 Å². The van der Waals surface area contributed by atoms with Crippen LogP contribution < -0.4 is 4.74 Å². The minimum Gasteiger partial charge on any atom is -0.451 e. The summed E-state index contributed by atoms with van der Waals surface area (Å²) in [7, 11) is 0. The van der Waals surface area contributed by atoms with Crippen LogP contribution in [0.3, 0.4) is 0 Å². The SMILES string of the molecule is Cc1nn(Cc2ccccc2)c(Cl)c1C(=O)O[C@H](C)C(=O)c1cc(C)n(-c2ccc(OC(F)F)cc2)c1C. The highest BCUT2D eigenvalue weighted by atomic mass is 35.5. The van der Waals surface area contributed by atoms with Crippen LogP contribution >= 0.6 is 11.6 Å². The van der Waals surface area contributed by atoms with Crippen LogP contribution in [-0.2, 0) is 11.3 Å². The number of hydrogen-bond donors (Lipinski definition) is 0. The van der Waals surface area contributed by atoms with E-state index in [9.17, 15) is 18.4 Å². The summed E-state index contributed by atoms with van der Waals surface area (Å²) in [5, 5.41) is 4.50. The molecule has 0 radical (unpaired) electrons. The molecular weight excluding hydrogens is 516 g/mol. The molecule has 2 aromatic heterocycles. The average Bonchev–Trinajstić information content (AvgIpc) is 3.32. The Hall–Kier alpha value is -3.98. The maximum atomic E-state index is 13.3. The van der Waals surface area contributed by atoms with Crippen LogP contribution in [0, 0.1) is 20.8 Å². The second-order valence-electron chi connectivity index (χ2n) is 8.80. The van der Waals surface area contributed by atoms with Gasteiger partial charge in [-0.25, -0.2) is 9.48 Å². The van der Waals surface area contributed by atoms with Gasteiger partial charge in [-0.05, 0) is 63.6 Å². The molecule has 38 heavy (non-hydrogen) atoms. The van der Waals surface area contributed by atoms with Crippen molar-refractivity contribution in [2.45, 2.75) is 47.0 Å². The second-order valence-corrected chi connectivity index (χ2v) is 9.16. The van der Waals surface area contributed by atoms with Crippen LogP contribution in [0.1, 0.15) is 50.3 Å². The summed E-state index contributed by atoms with van der Waals surface area (Å²) in [5.74, 6) is -1.10. The molecule has 0 N–H and O–H groups in total. The van der Waals surface area contributed by atoms with Gasteiger partial charge in [-0.2, -0.15) is 13.9 Å². The zero-order valence-electron chi connectivity index (χ0n) is 21.2. The lowest BCUT2D eigenvalue weighted by molar-refractivity contribution is -0.0498. The van der Waals surface area contributed by atoms with E-state index in [2.05, 4.69) is 9.84 Å². The molecule has 0 saturated heterocycles. The fraction of sp³-hybridized carbons (Fsp3) is 0.250. The van der Waals surface area contributed by atoms with Gasteiger partial charge in [-0.1, -0.05) is 41.9 Å². The standard InChI is InChI=1S/C28H26ClF2N3O4/c1-16-14-23(18(3)34(16)21-10-12-22(13-11-21)38-28(30)31)25(35)19(4)37-27(36)24-17(2)32-33(26(24)29)15-20-8-6-5-7-9-20/h5-14,19,28H,15H2,1-4H3/t19-/m1/s1. The predicted octanol–water partition coefficient (Wildman–Crippen LogP) is 6.33. The third-order valence-corrected chi connectivity index (χ3v) is 6.50. The third kappa shape index (κ3) is 5.62. The summed E-state index contributed by atoms with van der Waals surface area (Å²) in [6.07, 6.45) is -1.09. The summed E-state index contributed by atoms with van der Waals surface area (Å²) < 4.78 is 38.2. The zero-order chi connectivity index (χ0) is 27.6. The van der Waals surface area contributed by atoms with Crippen molar-refractivity contribution in [3.05, 3.63) is 99.6 Å². The molecule has 198 valence electrons. The van der Waals surface area contributed by atoms with Gasteiger partial charge in [0.1, 0.15) is 16.5 Å². The summed E-state index contributed by atoms with van der Waals surface area (Å²) in [6, 6.07) is 17.3. The van der Waals surface area contributed by atoms with E-state index in [-0.39, 0.29) is 22.2 Å². The third-order valence-electron chi connectivity index (χ3n) is 6.11. The van der Waals surface area contributed by atoms with Gasteiger partial charge in [0.15, 0.2) is 6.10 Å². The molecule has 0 aliphatic carbocycles. The van der Waals surface area contributed by atoms with Gasteiger partial charge in [0.05, 0.1) is 12.2 Å². The van der Waals surface area contributed by atoms with Gasteiger partial charge < -0.3 is 14.0 Å². The van der Waals surface area contributed by atoms with Gasteiger partial charge in [0.25, 0.3) is 0 Å². The Morgan fingerprint density at radius 1 is 1.03 bits per heavy atom. The van der Waals surface area contributed by atoms with Crippen LogP contribution in [0.15, 0.2) is 60.7 Å². The van der Waals surface area contributed by atoms with Crippen molar-refractivity contribution in [2.75, 3.05) is 0 Å². The Balaban J connectivity index is 1.51. The fourth-order valence-corrected chi connectivity index (χ4v) is 4.64. The lowest BCUT2D eigenvalue weighted by Crippen LogP contribution is -2.25. The highest BCUT2D eigenvalue weighted by molar-refractivity contribution is 6.32. The molecule has 0 aliphatic rings. The summed E-state index contributed by atoms with van der Waals surface area (Å²) in [4.78, 5) is 26.3. The molecule has 0 bridgehead atoms. The predicted molar refractivity (Wildman–Crippen MR) is 139 cm³/mol. The van der Waals surface area contributed by atoms with Crippen molar-refractivity contribution in [3.63, 3.8) is 0 Å².